The van der Waals surface area contributed by atoms with Crippen molar-refractivity contribution >= 4 is 5.97 Å². The predicted molar refractivity (Wildman–Crippen MR) is 77.9 cm³/mol. The Balaban J connectivity index is 1.89. The molecule has 0 saturated heterocycles. The number of rotatable bonds is 5. The Bertz CT molecular complexity index is 749. The van der Waals surface area contributed by atoms with E-state index in [1.54, 1.807) is 0 Å². The number of halogens is 3. The van der Waals surface area contributed by atoms with Crippen LogP contribution < -0.4 is 4.74 Å². The molecular weight excluding hydrogens is 323 g/mol. The second kappa shape index (κ2) is 7.51. The van der Waals surface area contributed by atoms with Gasteiger partial charge in [-0.3, -0.25) is 0 Å². The number of esters is 1. The molecule has 0 spiro atoms. The van der Waals surface area contributed by atoms with E-state index in [9.17, 15) is 18.0 Å². The second-order valence-corrected chi connectivity index (χ2v) is 4.74. The number of benzene rings is 2. The first-order chi connectivity index (χ1) is 11.4. The van der Waals surface area contributed by atoms with Crippen molar-refractivity contribution in [2.24, 2.45) is 0 Å². The van der Waals surface area contributed by atoms with Crippen LogP contribution in [0.1, 0.15) is 16.7 Å². The first-order valence-electron chi connectivity index (χ1n) is 6.84. The van der Waals surface area contributed by atoms with Crippen LogP contribution in [0.25, 0.3) is 0 Å². The highest BCUT2D eigenvalue weighted by Crippen LogP contribution is 2.32. The van der Waals surface area contributed by atoms with E-state index in [4.69, 9.17) is 14.7 Å². The highest BCUT2D eigenvalue weighted by molar-refractivity contribution is 5.71. The molecule has 0 aliphatic carbocycles. The lowest BCUT2D eigenvalue weighted by atomic mass is 10.1. The van der Waals surface area contributed by atoms with Crippen molar-refractivity contribution < 1.29 is 27.4 Å². The summed E-state index contributed by atoms with van der Waals surface area (Å²) in [6.07, 6.45) is -4.51. The Labute approximate surface area is 136 Å². The molecule has 0 N–H and O–H groups in total. The van der Waals surface area contributed by atoms with Gasteiger partial charge >= 0.3 is 12.1 Å². The minimum Gasteiger partial charge on any atom is -0.482 e. The third-order valence-electron chi connectivity index (χ3n) is 3.05. The summed E-state index contributed by atoms with van der Waals surface area (Å²) in [6.45, 7) is -0.939. The van der Waals surface area contributed by atoms with Crippen LogP contribution in [0, 0.1) is 11.3 Å². The molecule has 0 unspecified atom stereocenters. The lowest BCUT2D eigenvalue weighted by molar-refractivity contribution is -0.149. The van der Waals surface area contributed by atoms with Gasteiger partial charge in [0.15, 0.2) is 6.61 Å². The first kappa shape index (κ1) is 17.3. The molecule has 0 saturated carbocycles. The maximum Gasteiger partial charge on any atom is 0.416 e. The lowest BCUT2D eigenvalue weighted by Crippen LogP contribution is -2.16. The minimum atomic E-state index is -4.51. The maximum atomic E-state index is 12.8. The van der Waals surface area contributed by atoms with Crippen molar-refractivity contribution in [2.45, 2.75) is 12.8 Å². The molecule has 7 heteroatoms. The molecule has 0 amide bonds. The van der Waals surface area contributed by atoms with Crippen LogP contribution in [0.3, 0.4) is 0 Å². The number of nitrogens with zero attached hydrogens (tertiary/aromatic N) is 1. The molecule has 2 aromatic carbocycles. The number of alkyl halides is 3. The molecular formula is C17H12F3NO3. The van der Waals surface area contributed by atoms with Crippen LogP contribution >= 0.6 is 0 Å². The topological polar surface area (TPSA) is 59.3 Å². The zero-order valence-electron chi connectivity index (χ0n) is 12.3. The smallest absolute Gasteiger partial charge is 0.416 e. The first-order valence-corrected chi connectivity index (χ1v) is 6.84. The van der Waals surface area contributed by atoms with Gasteiger partial charge in [-0.15, -0.1) is 0 Å². The molecule has 2 aromatic rings. The molecule has 0 fully saturated rings. The standard InChI is InChI=1S/C17H12F3NO3/c18-17(19,20)15-4-2-1-3-13(15)10-24-16(22)11-23-14-7-5-12(9-21)6-8-14/h1-8H,10-11H2. The van der Waals surface area contributed by atoms with Crippen molar-refractivity contribution in [3.63, 3.8) is 0 Å². The van der Waals surface area contributed by atoms with Gasteiger partial charge in [-0.2, -0.15) is 18.4 Å². The summed E-state index contributed by atoms with van der Waals surface area (Å²) >= 11 is 0. The normalized spacial score (nSPS) is 10.8. The minimum absolute atomic E-state index is 0.128. The van der Waals surface area contributed by atoms with Gasteiger partial charge in [-0.05, 0) is 30.3 Å². The molecule has 4 nitrogen and oxygen atoms in total. The second-order valence-electron chi connectivity index (χ2n) is 4.74. The highest BCUT2D eigenvalue weighted by Gasteiger charge is 2.33. The van der Waals surface area contributed by atoms with Crippen molar-refractivity contribution in [3.8, 4) is 11.8 Å². The third-order valence-corrected chi connectivity index (χ3v) is 3.05. The molecule has 0 aromatic heterocycles. The number of carbonyl (C=O) groups excluding carboxylic acids is 1. The fourth-order valence-corrected chi connectivity index (χ4v) is 1.89. The zero-order valence-corrected chi connectivity index (χ0v) is 12.3. The Morgan fingerprint density at radius 1 is 1.08 bits per heavy atom. The number of nitriles is 1. The SMILES string of the molecule is N#Cc1ccc(OCC(=O)OCc2ccccc2C(F)(F)F)cc1. The Morgan fingerprint density at radius 2 is 1.75 bits per heavy atom. The fourth-order valence-electron chi connectivity index (χ4n) is 1.89. The summed E-state index contributed by atoms with van der Waals surface area (Å²) in [7, 11) is 0. The Hall–Kier alpha value is -3.01. The summed E-state index contributed by atoms with van der Waals surface area (Å²) in [5.74, 6) is -0.446. The van der Waals surface area contributed by atoms with E-state index in [0.29, 0.717) is 11.3 Å². The number of hydrogen-bond acceptors (Lipinski definition) is 4. The van der Waals surface area contributed by atoms with Gasteiger partial charge in [-0.25, -0.2) is 4.79 Å². The van der Waals surface area contributed by atoms with Crippen molar-refractivity contribution in [1.29, 1.82) is 5.26 Å². The van der Waals surface area contributed by atoms with Gasteiger partial charge in [0.2, 0.25) is 0 Å². The van der Waals surface area contributed by atoms with Gasteiger partial charge in [0.1, 0.15) is 12.4 Å². The van der Waals surface area contributed by atoms with Crippen LogP contribution in [0.2, 0.25) is 0 Å². The average molecular weight is 335 g/mol. The molecule has 0 bridgehead atoms. The largest absolute Gasteiger partial charge is 0.482 e. The van der Waals surface area contributed by atoms with E-state index in [2.05, 4.69) is 0 Å². The third kappa shape index (κ3) is 4.74. The van der Waals surface area contributed by atoms with E-state index >= 15 is 0 Å². The number of ether oxygens (including phenoxy) is 2. The zero-order chi connectivity index (χ0) is 17.6. The van der Waals surface area contributed by atoms with Crippen LogP contribution in [0.4, 0.5) is 13.2 Å². The molecule has 124 valence electrons. The summed E-state index contributed by atoms with van der Waals surface area (Å²) in [4.78, 5) is 11.6. The quantitative estimate of drug-likeness (QED) is 0.782. The van der Waals surface area contributed by atoms with Crippen molar-refractivity contribution in [1.82, 2.24) is 0 Å². The van der Waals surface area contributed by atoms with E-state index in [-0.39, 0.29) is 5.56 Å². The van der Waals surface area contributed by atoms with Crippen LogP contribution in [0.5, 0.6) is 5.75 Å². The molecule has 0 heterocycles. The molecule has 2 rings (SSSR count). The van der Waals surface area contributed by atoms with E-state index in [0.717, 1.165) is 6.07 Å². The van der Waals surface area contributed by atoms with Gasteiger partial charge in [0, 0.05) is 5.56 Å². The molecule has 24 heavy (non-hydrogen) atoms. The number of hydrogen-bond donors (Lipinski definition) is 0. The van der Waals surface area contributed by atoms with Crippen LogP contribution in [-0.2, 0) is 22.3 Å². The van der Waals surface area contributed by atoms with E-state index in [1.165, 1.54) is 42.5 Å². The molecule has 0 atom stereocenters. The molecule has 0 aliphatic rings. The van der Waals surface area contributed by atoms with Gasteiger partial charge < -0.3 is 9.47 Å². The van der Waals surface area contributed by atoms with Gasteiger partial charge in [-0.1, -0.05) is 18.2 Å². The van der Waals surface area contributed by atoms with Crippen molar-refractivity contribution in [3.05, 3.63) is 65.2 Å². The fraction of sp³-hybridized carbons (Fsp3) is 0.176. The summed E-state index contributed by atoms with van der Waals surface area (Å²) in [5, 5.41) is 8.66. The Morgan fingerprint density at radius 3 is 2.38 bits per heavy atom. The van der Waals surface area contributed by atoms with Gasteiger partial charge in [0.25, 0.3) is 0 Å². The average Bonchev–Trinajstić information content (AvgIpc) is 2.58. The summed E-state index contributed by atoms with van der Waals surface area (Å²) in [6, 6.07) is 12.9. The summed E-state index contributed by atoms with van der Waals surface area (Å²) < 4.78 is 48.4. The van der Waals surface area contributed by atoms with E-state index in [1.807, 2.05) is 6.07 Å². The highest BCUT2D eigenvalue weighted by atomic mass is 19.4. The lowest BCUT2D eigenvalue weighted by Gasteiger charge is -2.13. The Kier molecular flexibility index (Phi) is 5.42. The van der Waals surface area contributed by atoms with Gasteiger partial charge in [0.05, 0.1) is 17.2 Å². The van der Waals surface area contributed by atoms with Crippen LogP contribution in [-0.4, -0.2) is 12.6 Å². The van der Waals surface area contributed by atoms with Crippen LogP contribution in [0.15, 0.2) is 48.5 Å². The molecule has 0 radical (unpaired) electrons. The predicted octanol–water partition coefficient (Wildman–Crippen LogP) is 3.70. The monoisotopic (exact) mass is 335 g/mol. The van der Waals surface area contributed by atoms with Crippen molar-refractivity contribution in [2.75, 3.05) is 6.61 Å². The summed E-state index contributed by atoms with van der Waals surface area (Å²) in [5.41, 5.74) is -0.531. The number of carbonyl (C=O) groups is 1. The molecule has 0 aliphatic heterocycles. The maximum absolute atomic E-state index is 12.8. The van der Waals surface area contributed by atoms with E-state index < -0.39 is 30.9 Å².